The Kier molecular flexibility index (Phi) is 6.02. The molecule has 0 saturated carbocycles. The van der Waals surface area contributed by atoms with Crippen molar-refractivity contribution in [3.05, 3.63) is 74.6 Å². The van der Waals surface area contributed by atoms with Crippen molar-refractivity contribution in [3.8, 4) is 0 Å². The molecule has 0 aliphatic heterocycles. The second kappa shape index (κ2) is 8.63. The van der Waals surface area contributed by atoms with Gasteiger partial charge in [0.15, 0.2) is 5.03 Å². The van der Waals surface area contributed by atoms with E-state index in [9.17, 15) is 19.7 Å². The number of anilines is 1. The molecule has 142 valence electrons. The monoisotopic (exact) mass is 415 g/mol. The number of aromatic nitrogens is 1. The van der Waals surface area contributed by atoms with Crippen molar-refractivity contribution in [2.24, 2.45) is 0 Å². The second-order valence-corrected chi connectivity index (χ2v) is 7.30. The van der Waals surface area contributed by atoms with Crippen molar-refractivity contribution in [1.82, 2.24) is 4.98 Å². The molecule has 1 aromatic carbocycles. The summed E-state index contributed by atoms with van der Waals surface area (Å²) in [5.41, 5.74) is 0.157. The average molecular weight is 415 g/mol. The molecule has 3 aromatic rings. The van der Waals surface area contributed by atoms with E-state index in [4.69, 9.17) is 0 Å². The molecule has 2 aromatic heterocycles. The number of benzene rings is 1. The largest absolute Gasteiger partial charge is 0.465 e. The number of nitro groups is 1. The highest BCUT2D eigenvalue weighted by atomic mass is 32.2. The number of ether oxygens (including phenoxy) is 1. The number of thiophene rings is 1. The van der Waals surface area contributed by atoms with E-state index >= 15 is 0 Å². The van der Waals surface area contributed by atoms with E-state index in [-0.39, 0.29) is 22.2 Å². The summed E-state index contributed by atoms with van der Waals surface area (Å²) in [7, 11) is 1.18. The molecule has 0 aliphatic rings. The minimum absolute atomic E-state index is 0.0159. The molecule has 8 nitrogen and oxygen atoms in total. The van der Waals surface area contributed by atoms with Gasteiger partial charge in [0.05, 0.1) is 28.2 Å². The molecule has 10 heteroatoms. The second-order valence-electron chi connectivity index (χ2n) is 5.33. The molecule has 0 bridgehead atoms. The van der Waals surface area contributed by atoms with Crippen molar-refractivity contribution in [3.63, 3.8) is 0 Å². The van der Waals surface area contributed by atoms with E-state index in [0.717, 1.165) is 17.8 Å². The number of hydrogen-bond donors (Lipinski definition) is 1. The van der Waals surface area contributed by atoms with Gasteiger partial charge in [-0.1, -0.05) is 30.0 Å². The number of nitrogens with one attached hydrogen (secondary N) is 1. The molecule has 1 amide bonds. The number of hydrogen-bond acceptors (Lipinski definition) is 8. The van der Waals surface area contributed by atoms with Gasteiger partial charge in [0, 0.05) is 17.2 Å². The molecule has 0 aliphatic carbocycles. The van der Waals surface area contributed by atoms with Gasteiger partial charge in [-0.2, -0.15) is 0 Å². The van der Waals surface area contributed by atoms with Crippen molar-refractivity contribution >= 4 is 46.3 Å². The molecular formula is C18H13N3O5S2. The van der Waals surface area contributed by atoms with Crippen LogP contribution in [0.1, 0.15) is 20.0 Å². The number of nitrogens with zero attached hydrogens (tertiary/aromatic N) is 2. The van der Waals surface area contributed by atoms with Gasteiger partial charge in [0.1, 0.15) is 0 Å². The average Bonchev–Trinajstić information content (AvgIpc) is 3.24. The predicted octanol–water partition coefficient (Wildman–Crippen LogP) is 4.24. The Morgan fingerprint density at radius 3 is 2.71 bits per heavy atom. The molecule has 0 atom stereocenters. The van der Waals surface area contributed by atoms with E-state index in [0.29, 0.717) is 15.5 Å². The van der Waals surface area contributed by atoms with Crippen LogP contribution in [0.3, 0.4) is 0 Å². The third-order valence-corrected chi connectivity index (χ3v) is 5.49. The van der Waals surface area contributed by atoms with Crippen LogP contribution in [0.4, 0.5) is 11.4 Å². The Morgan fingerprint density at radius 2 is 2.04 bits per heavy atom. The van der Waals surface area contributed by atoms with Crippen molar-refractivity contribution in [2.45, 2.75) is 9.92 Å². The zero-order chi connectivity index (χ0) is 20.1. The highest BCUT2D eigenvalue weighted by molar-refractivity contribution is 7.99. The smallest absolute Gasteiger partial charge is 0.339 e. The number of para-hydroxylation sites is 1. The first-order valence-corrected chi connectivity index (χ1v) is 9.53. The van der Waals surface area contributed by atoms with Crippen LogP contribution in [0.25, 0.3) is 0 Å². The van der Waals surface area contributed by atoms with Gasteiger partial charge >= 0.3 is 11.7 Å². The lowest BCUT2D eigenvalue weighted by molar-refractivity contribution is -0.388. The maximum Gasteiger partial charge on any atom is 0.339 e. The highest BCUT2D eigenvalue weighted by Gasteiger charge is 2.21. The van der Waals surface area contributed by atoms with E-state index in [1.807, 2.05) is 0 Å². The first kappa shape index (κ1) is 19.5. The number of rotatable bonds is 6. The summed E-state index contributed by atoms with van der Waals surface area (Å²) in [6.07, 6.45) is 1.22. The van der Waals surface area contributed by atoms with Gasteiger partial charge < -0.3 is 10.1 Å². The Balaban J connectivity index is 1.91. The highest BCUT2D eigenvalue weighted by Crippen LogP contribution is 2.37. The fourth-order valence-electron chi connectivity index (χ4n) is 2.23. The fraction of sp³-hybridized carbons (Fsp3) is 0.0556. The van der Waals surface area contributed by atoms with Crippen molar-refractivity contribution in [2.75, 3.05) is 12.4 Å². The van der Waals surface area contributed by atoms with Gasteiger partial charge in [0.25, 0.3) is 5.91 Å². The van der Waals surface area contributed by atoms with Crippen molar-refractivity contribution in [1.29, 1.82) is 0 Å². The summed E-state index contributed by atoms with van der Waals surface area (Å²) in [6, 6.07) is 11.5. The van der Waals surface area contributed by atoms with E-state index < -0.39 is 10.9 Å². The normalized spacial score (nSPS) is 10.3. The number of esters is 1. The Bertz CT molecular complexity index is 1040. The molecule has 0 fully saturated rings. The Hall–Kier alpha value is -3.24. The lowest BCUT2D eigenvalue weighted by Crippen LogP contribution is -2.10. The van der Waals surface area contributed by atoms with Gasteiger partial charge in [-0.3, -0.25) is 14.9 Å². The molecule has 3 rings (SSSR count). The van der Waals surface area contributed by atoms with Crippen molar-refractivity contribution < 1.29 is 19.2 Å². The first-order valence-electron chi connectivity index (χ1n) is 7.84. The molecule has 2 heterocycles. The van der Waals surface area contributed by atoms with Crippen LogP contribution in [-0.4, -0.2) is 28.9 Å². The summed E-state index contributed by atoms with van der Waals surface area (Å²) in [4.78, 5) is 39.9. The molecule has 1 N–H and O–H groups in total. The van der Waals surface area contributed by atoms with Gasteiger partial charge in [-0.15, -0.1) is 11.3 Å². The Labute approximate surface area is 167 Å². The van der Waals surface area contributed by atoms with Crippen LogP contribution in [0.15, 0.2) is 64.0 Å². The lowest BCUT2D eigenvalue weighted by atomic mass is 10.3. The molecule has 0 unspecified atom stereocenters. The molecular weight excluding hydrogens is 402 g/mol. The Morgan fingerprint density at radius 1 is 1.25 bits per heavy atom. The van der Waals surface area contributed by atoms with Gasteiger partial charge in [-0.25, -0.2) is 9.78 Å². The summed E-state index contributed by atoms with van der Waals surface area (Å²) in [5, 5.41) is 16.1. The van der Waals surface area contributed by atoms with Crippen LogP contribution in [0.5, 0.6) is 0 Å². The third kappa shape index (κ3) is 4.35. The lowest BCUT2D eigenvalue weighted by Gasteiger charge is -2.10. The van der Waals surface area contributed by atoms with Crippen LogP contribution in [0, 0.1) is 10.1 Å². The molecule has 0 radical (unpaired) electrons. The van der Waals surface area contributed by atoms with E-state index in [2.05, 4.69) is 15.0 Å². The van der Waals surface area contributed by atoms with Gasteiger partial charge in [0.2, 0.25) is 0 Å². The van der Waals surface area contributed by atoms with E-state index in [1.54, 1.807) is 41.8 Å². The summed E-state index contributed by atoms with van der Waals surface area (Å²) < 4.78 is 4.57. The summed E-state index contributed by atoms with van der Waals surface area (Å²) in [6.45, 7) is 0. The first-order chi connectivity index (χ1) is 13.5. The zero-order valence-corrected chi connectivity index (χ0v) is 16.1. The predicted molar refractivity (Wildman–Crippen MR) is 105 cm³/mol. The third-order valence-electron chi connectivity index (χ3n) is 3.54. The number of amides is 1. The summed E-state index contributed by atoms with van der Waals surface area (Å²) >= 11 is 2.33. The van der Waals surface area contributed by atoms with Crippen LogP contribution in [-0.2, 0) is 4.74 Å². The quantitative estimate of drug-likeness (QED) is 0.364. The minimum atomic E-state index is -0.712. The van der Waals surface area contributed by atoms with Crippen LogP contribution >= 0.6 is 23.1 Å². The van der Waals surface area contributed by atoms with E-state index in [1.165, 1.54) is 24.6 Å². The topological polar surface area (TPSA) is 111 Å². The standard InChI is InChI=1S/C18H13N3O5S2/c1-26-18(23)11-9-13(21(24)25)17(19-10-11)28-14-6-3-2-5-12(14)20-16(22)15-7-4-8-27-15/h2-10H,1H3,(H,20,22). The summed E-state index contributed by atoms with van der Waals surface area (Å²) in [5.74, 6) is -0.984. The molecule has 0 spiro atoms. The zero-order valence-electron chi connectivity index (χ0n) is 14.4. The van der Waals surface area contributed by atoms with Crippen LogP contribution in [0.2, 0.25) is 0 Å². The maximum atomic E-state index is 12.3. The number of carbonyl (C=O) groups is 2. The molecule has 0 saturated heterocycles. The maximum absolute atomic E-state index is 12.3. The van der Waals surface area contributed by atoms with Gasteiger partial charge in [-0.05, 0) is 23.6 Å². The fourth-order valence-corrected chi connectivity index (χ4v) is 3.78. The minimum Gasteiger partial charge on any atom is -0.465 e. The number of pyridine rings is 1. The number of carbonyl (C=O) groups excluding carboxylic acids is 2. The van der Waals surface area contributed by atoms with Crippen LogP contribution < -0.4 is 5.32 Å². The number of methoxy groups -OCH3 is 1. The SMILES string of the molecule is COC(=O)c1cnc(Sc2ccccc2NC(=O)c2cccs2)c([N+](=O)[O-])c1. The molecule has 28 heavy (non-hydrogen) atoms.